The number of ether oxygens (including phenoxy) is 4. The molecule has 8 heteroatoms. The summed E-state index contributed by atoms with van der Waals surface area (Å²) in [6.07, 6.45) is 3.97. The van der Waals surface area contributed by atoms with Crippen LogP contribution in [0.4, 0.5) is 0 Å². The van der Waals surface area contributed by atoms with Crippen molar-refractivity contribution >= 4 is 11.9 Å². The van der Waals surface area contributed by atoms with Crippen molar-refractivity contribution < 1.29 is 33.6 Å². The third-order valence-electron chi connectivity index (χ3n) is 4.75. The van der Waals surface area contributed by atoms with Gasteiger partial charge in [-0.2, -0.15) is 0 Å². The van der Waals surface area contributed by atoms with Gasteiger partial charge in [-0.05, 0) is 26.7 Å². The summed E-state index contributed by atoms with van der Waals surface area (Å²) >= 11 is 0. The maximum atomic E-state index is 12.2. The summed E-state index contributed by atoms with van der Waals surface area (Å²) in [5, 5.41) is 12.3. The number of hydrogen-bond acceptors (Lipinski definition) is 7. The van der Waals surface area contributed by atoms with E-state index < -0.39 is 17.7 Å². The van der Waals surface area contributed by atoms with Gasteiger partial charge < -0.3 is 29.4 Å². The molecule has 1 spiro atoms. The molecule has 28 heavy (non-hydrogen) atoms. The predicted molar refractivity (Wildman–Crippen MR) is 101 cm³/mol. The molecule has 1 fully saturated rings. The van der Waals surface area contributed by atoms with Gasteiger partial charge >= 0.3 is 5.97 Å². The molecule has 1 saturated heterocycles. The summed E-state index contributed by atoms with van der Waals surface area (Å²) in [5.41, 5.74) is -0.390. The minimum absolute atomic E-state index is 0.0543. The monoisotopic (exact) mass is 399 g/mol. The first kappa shape index (κ1) is 22.8. The molecule has 2 rings (SSSR count). The van der Waals surface area contributed by atoms with Crippen LogP contribution in [0.2, 0.25) is 0 Å². The van der Waals surface area contributed by atoms with Gasteiger partial charge in [0.15, 0.2) is 5.79 Å². The Kier molecular flexibility index (Phi) is 7.61. The molecule has 0 aromatic heterocycles. The Balaban J connectivity index is 1.49. The SMILES string of the molecule is CC(COC(C)(C)O)C(=O)OCCOCCNC(=O)C1C=CC12OC2C(C)C. The summed E-state index contributed by atoms with van der Waals surface area (Å²) in [7, 11) is 0. The number of epoxide rings is 1. The van der Waals surface area contributed by atoms with Gasteiger partial charge in [-0.1, -0.05) is 26.0 Å². The van der Waals surface area contributed by atoms with E-state index in [0.29, 0.717) is 19.1 Å². The van der Waals surface area contributed by atoms with Crippen LogP contribution in [0.1, 0.15) is 34.6 Å². The van der Waals surface area contributed by atoms with Crippen molar-refractivity contribution in [2.75, 3.05) is 33.0 Å². The van der Waals surface area contributed by atoms with Crippen LogP contribution >= 0.6 is 0 Å². The number of esters is 1. The van der Waals surface area contributed by atoms with E-state index in [1.807, 2.05) is 12.2 Å². The number of carbonyl (C=O) groups is 2. The Labute approximate surface area is 166 Å². The summed E-state index contributed by atoms with van der Waals surface area (Å²) in [6.45, 7) is 9.99. The molecule has 2 aliphatic rings. The largest absolute Gasteiger partial charge is 0.463 e. The van der Waals surface area contributed by atoms with E-state index in [9.17, 15) is 14.7 Å². The van der Waals surface area contributed by atoms with Gasteiger partial charge in [0, 0.05) is 6.54 Å². The minimum atomic E-state index is -1.28. The van der Waals surface area contributed by atoms with Crippen molar-refractivity contribution in [3.8, 4) is 0 Å². The minimum Gasteiger partial charge on any atom is -0.463 e. The molecule has 0 bridgehead atoms. The van der Waals surface area contributed by atoms with Crippen molar-refractivity contribution in [3.63, 3.8) is 0 Å². The molecule has 8 nitrogen and oxygen atoms in total. The zero-order valence-electron chi connectivity index (χ0n) is 17.4. The number of aliphatic hydroxyl groups is 1. The van der Waals surface area contributed by atoms with Crippen LogP contribution in [0, 0.1) is 17.8 Å². The van der Waals surface area contributed by atoms with E-state index in [-0.39, 0.29) is 43.4 Å². The van der Waals surface area contributed by atoms with Crippen LogP contribution in [-0.2, 0) is 28.5 Å². The molecular formula is C20H33NO7. The second-order valence-electron chi connectivity index (χ2n) is 8.20. The van der Waals surface area contributed by atoms with Crippen molar-refractivity contribution in [2.24, 2.45) is 17.8 Å². The molecule has 160 valence electrons. The summed E-state index contributed by atoms with van der Waals surface area (Å²) in [4.78, 5) is 24.0. The zero-order chi connectivity index (χ0) is 20.9. The van der Waals surface area contributed by atoms with Crippen LogP contribution in [0.25, 0.3) is 0 Å². The summed E-state index contributed by atoms with van der Waals surface area (Å²) in [6, 6.07) is 0. The molecule has 4 atom stereocenters. The predicted octanol–water partition coefficient (Wildman–Crippen LogP) is 1.02. The Hall–Kier alpha value is -1.48. The topological polar surface area (TPSA) is 107 Å². The van der Waals surface area contributed by atoms with E-state index in [0.717, 1.165) is 0 Å². The number of rotatable bonds is 12. The van der Waals surface area contributed by atoms with Crippen LogP contribution in [0.5, 0.6) is 0 Å². The fourth-order valence-electron chi connectivity index (χ4n) is 3.10. The first-order valence-electron chi connectivity index (χ1n) is 9.82. The Morgan fingerprint density at radius 2 is 1.96 bits per heavy atom. The molecule has 0 radical (unpaired) electrons. The highest BCUT2D eigenvalue weighted by Gasteiger charge is 2.65. The fraction of sp³-hybridized carbons (Fsp3) is 0.800. The summed E-state index contributed by atoms with van der Waals surface area (Å²) < 4.78 is 21.3. The van der Waals surface area contributed by atoms with Crippen molar-refractivity contribution in [3.05, 3.63) is 12.2 Å². The molecule has 1 amide bonds. The highest BCUT2D eigenvalue weighted by Crippen LogP contribution is 2.53. The maximum Gasteiger partial charge on any atom is 0.311 e. The fourth-order valence-corrected chi connectivity index (χ4v) is 3.10. The number of nitrogens with one attached hydrogen (secondary N) is 1. The van der Waals surface area contributed by atoms with Gasteiger partial charge in [0.25, 0.3) is 0 Å². The summed E-state index contributed by atoms with van der Waals surface area (Å²) in [5.74, 6) is -2.07. The molecule has 0 aromatic carbocycles. The van der Waals surface area contributed by atoms with Gasteiger partial charge in [-0.15, -0.1) is 0 Å². The van der Waals surface area contributed by atoms with E-state index in [4.69, 9.17) is 18.9 Å². The Bertz CT molecular complexity index is 584. The second-order valence-corrected chi connectivity index (χ2v) is 8.20. The molecular weight excluding hydrogens is 366 g/mol. The van der Waals surface area contributed by atoms with Crippen LogP contribution in [0.15, 0.2) is 12.2 Å². The quantitative estimate of drug-likeness (QED) is 0.166. The first-order valence-corrected chi connectivity index (χ1v) is 9.82. The molecule has 0 saturated carbocycles. The average Bonchev–Trinajstić information content (AvgIpc) is 3.35. The normalized spacial score (nSPS) is 26.8. The Morgan fingerprint density at radius 1 is 1.25 bits per heavy atom. The van der Waals surface area contributed by atoms with Gasteiger partial charge in [-0.25, -0.2) is 0 Å². The van der Waals surface area contributed by atoms with Crippen molar-refractivity contribution in [2.45, 2.75) is 52.1 Å². The van der Waals surface area contributed by atoms with Gasteiger partial charge in [0.2, 0.25) is 5.91 Å². The van der Waals surface area contributed by atoms with Crippen LogP contribution in [0.3, 0.4) is 0 Å². The van der Waals surface area contributed by atoms with Crippen molar-refractivity contribution in [1.29, 1.82) is 0 Å². The zero-order valence-corrected chi connectivity index (χ0v) is 17.4. The first-order chi connectivity index (χ1) is 13.1. The number of hydrogen-bond donors (Lipinski definition) is 2. The van der Waals surface area contributed by atoms with Gasteiger partial charge in [-0.3, -0.25) is 9.59 Å². The third kappa shape index (κ3) is 6.01. The van der Waals surface area contributed by atoms with E-state index in [2.05, 4.69) is 19.2 Å². The number of carbonyl (C=O) groups excluding carboxylic acids is 2. The maximum absolute atomic E-state index is 12.2. The lowest BCUT2D eigenvalue weighted by Crippen LogP contribution is -2.45. The number of amides is 1. The standard InChI is InChI=1S/C20H33NO7/c1-13(2)16-20(28-16)7-6-15(20)17(22)21-8-9-25-10-11-26-18(23)14(3)12-27-19(4,5)24/h6-7,13-16,24H,8-12H2,1-5H3,(H,21,22). The van der Waals surface area contributed by atoms with Gasteiger partial charge in [0.05, 0.1) is 37.8 Å². The highest BCUT2D eigenvalue weighted by atomic mass is 16.6. The Morgan fingerprint density at radius 3 is 2.50 bits per heavy atom. The molecule has 1 aliphatic carbocycles. The van der Waals surface area contributed by atoms with Crippen molar-refractivity contribution in [1.82, 2.24) is 5.32 Å². The van der Waals surface area contributed by atoms with E-state index in [1.54, 1.807) is 6.92 Å². The lowest BCUT2D eigenvalue weighted by molar-refractivity contribution is -0.188. The molecule has 1 heterocycles. The average molecular weight is 399 g/mol. The molecule has 2 N–H and O–H groups in total. The lowest BCUT2D eigenvalue weighted by atomic mass is 9.76. The van der Waals surface area contributed by atoms with E-state index in [1.165, 1.54) is 13.8 Å². The van der Waals surface area contributed by atoms with Gasteiger partial charge in [0.1, 0.15) is 12.2 Å². The highest BCUT2D eigenvalue weighted by molar-refractivity contribution is 5.85. The van der Waals surface area contributed by atoms with E-state index >= 15 is 0 Å². The molecule has 0 aromatic rings. The molecule has 1 aliphatic heterocycles. The second kappa shape index (κ2) is 9.35. The third-order valence-corrected chi connectivity index (χ3v) is 4.75. The van der Waals surface area contributed by atoms with Crippen LogP contribution in [-0.4, -0.2) is 67.4 Å². The van der Waals surface area contributed by atoms with Crippen LogP contribution < -0.4 is 5.32 Å². The smallest absolute Gasteiger partial charge is 0.311 e. The molecule has 4 unspecified atom stereocenters. The lowest BCUT2D eigenvalue weighted by Gasteiger charge is -2.26.